The van der Waals surface area contributed by atoms with Gasteiger partial charge in [0, 0.05) is 24.2 Å². The van der Waals surface area contributed by atoms with Crippen LogP contribution in [0.3, 0.4) is 0 Å². The topological polar surface area (TPSA) is 52.5 Å². The highest BCUT2D eigenvalue weighted by atomic mass is 16.3. The molecule has 0 aliphatic heterocycles. The van der Waals surface area contributed by atoms with Gasteiger partial charge in [-0.05, 0) is 31.7 Å². The molecule has 1 saturated carbocycles. The third-order valence-electron chi connectivity index (χ3n) is 3.01. The molecule has 0 radical (unpaired) electrons. The Morgan fingerprint density at radius 1 is 1.40 bits per heavy atom. The zero-order valence-electron chi connectivity index (χ0n) is 8.90. The molecule has 2 rings (SSSR count). The minimum Gasteiger partial charge on any atom is -0.508 e. The van der Waals surface area contributed by atoms with E-state index in [9.17, 15) is 5.11 Å². The van der Waals surface area contributed by atoms with Gasteiger partial charge >= 0.3 is 0 Å². The van der Waals surface area contributed by atoms with Crippen LogP contribution in [0.25, 0.3) is 0 Å². The van der Waals surface area contributed by atoms with E-state index in [0.717, 1.165) is 11.5 Å². The third kappa shape index (κ3) is 2.63. The highest BCUT2D eigenvalue weighted by molar-refractivity contribution is 5.38. The van der Waals surface area contributed by atoms with Crippen LogP contribution in [0.15, 0.2) is 18.2 Å². The predicted molar refractivity (Wildman–Crippen MR) is 58.8 cm³/mol. The minimum absolute atomic E-state index is 0.103. The van der Waals surface area contributed by atoms with Crippen LogP contribution >= 0.6 is 0 Å². The van der Waals surface area contributed by atoms with Crippen LogP contribution < -0.4 is 5.32 Å². The molecular formula is C12H17NO2. The molecule has 0 heterocycles. The van der Waals surface area contributed by atoms with E-state index < -0.39 is 0 Å². The lowest BCUT2D eigenvalue weighted by atomic mass is 10.1. The van der Waals surface area contributed by atoms with Gasteiger partial charge in [0.05, 0.1) is 0 Å². The molecule has 1 atom stereocenters. The van der Waals surface area contributed by atoms with E-state index in [2.05, 4.69) is 12.2 Å². The Kier molecular flexibility index (Phi) is 2.82. The van der Waals surface area contributed by atoms with Gasteiger partial charge in [0.2, 0.25) is 0 Å². The quantitative estimate of drug-likeness (QED) is 0.707. The summed E-state index contributed by atoms with van der Waals surface area (Å²) in [7, 11) is 0. The van der Waals surface area contributed by atoms with Crippen LogP contribution in [0.2, 0.25) is 0 Å². The van der Waals surface area contributed by atoms with Gasteiger partial charge < -0.3 is 15.5 Å². The molecule has 1 aromatic carbocycles. The van der Waals surface area contributed by atoms with Gasteiger partial charge in [-0.1, -0.05) is 6.07 Å². The summed E-state index contributed by atoms with van der Waals surface area (Å²) in [4.78, 5) is 0. The first kappa shape index (κ1) is 10.3. The Labute approximate surface area is 89.8 Å². The molecular weight excluding hydrogens is 190 g/mol. The van der Waals surface area contributed by atoms with Crippen molar-refractivity contribution in [2.75, 3.05) is 0 Å². The molecule has 1 fully saturated rings. The van der Waals surface area contributed by atoms with Crippen molar-refractivity contribution in [2.45, 2.75) is 32.4 Å². The van der Waals surface area contributed by atoms with Crippen molar-refractivity contribution in [3.8, 4) is 11.5 Å². The molecule has 3 nitrogen and oxygen atoms in total. The van der Waals surface area contributed by atoms with Crippen LogP contribution in [0.5, 0.6) is 11.5 Å². The van der Waals surface area contributed by atoms with E-state index in [0.29, 0.717) is 12.6 Å². The number of phenols is 2. The highest BCUT2D eigenvalue weighted by Crippen LogP contribution is 2.32. The molecule has 3 heteroatoms. The highest BCUT2D eigenvalue weighted by Gasteiger charge is 2.27. The standard InChI is InChI=1S/C12H17NO2/c1-8(9-2-3-9)13-7-10-4-5-11(14)6-12(10)15/h4-6,8-9,13-15H,2-3,7H2,1H3. The van der Waals surface area contributed by atoms with Gasteiger partial charge in [-0.3, -0.25) is 0 Å². The average Bonchev–Trinajstić information content (AvgIpc) is 2.99. The molecule has 15 heavy (non-hydrogen) atoms. The first-order valence-corrected chi connectivity index (χ1v) is 5.41. The normalized spacial score (nSPS) is 17.7. The van der Waals surface area contributed by atoms with Crippen molar-refractivity contribution in [3.05, 3.63) is 23.8 Å². The van der Waals surface area contributed by atoms with Crippen LogP contribution in [0.1, 0.15) is 25.3 Å². The summed E-state index contributed by atoms with van der Waals surface area (Å²) in [6.07, 6.45) is 2.63. The second-order valence-corrected chi connectivity index (χ2v) is 4.32. The number of hydrogen-bond acceptors (Lipinski definition) is 3. The lowest BCUT2D eigenvalue weighted by Gasteiger charge is -2.13. The Balaban J connectivity index is 1.92. The molecule has 1 aliphatic carbocycles. The van der Waals surface area contributed by atoms with Crippen LogP contribution in [0.4, 0.5) is 0 Å². The summed E-state index contributed by atoms with van der Waals surface area (Å²) in [6, 6.07) is 5.23. The fraction of sp³-hybridized carbons (Fsp3) is 0.500. The van der Waals surface area contributed by atoms with E-state index in [4.69, 9.17) is 5.11 Å². The second-order valence-electron chi connectivity index (χ2n) is 4.32. The van der Waals surface area contributed by atoms with Crippen molar-refractivity contribution in [1.29, 1.82) is 0 Å². The Morgan fingerprint density at radius 3 is 2.73 bits per heavy atom. The van der Waals surface area contributed by atoms with Gasteiger partial charge in [-0.15, -0.1) is 0 Å². The third-order valence-corrected chi connectivity index (χ3v) is 3.01. The van der Waals surface area contributed by atoms with Crippen LogP contribution in [-0.2, 0) is 6.54 Å². The van der Waals surface area contributed by atoms with E-state index in [-0.39, 0.29) is 11.5 Å². The molecule has 0 saturated heterocycles. The summed E-state index contributed by atoms with van der Waals surface area (Å²) in [5.41, 5.74) is 0.834. The summed E-state index contributed by atoms with van der Waals surface area (Å²) >= 11 is 0. The smallest absolute Gasteiger partial charge is 0.123 e. The molecule has 0 spiro atoms. The first-order valence-electron chi connectivity index (χ1n) is 5.41. The van der Waals surface area contributed by atoms with E-state index in [1.807, 2.05) is 0 Å². The molecule has 0 bridgehead atoms. The van der Waals surface area contributed by atoms with Crippen LogP contribution in [-0.4, -0.2) is 16.3 Å². The maximum Gasteiger partial charge on any atom is 0.123 e. The van der Waals surface area contributed by atoms with Crippen molar-refractivity contribution < 1.29 is 10.2 Å². The number of aromatic hydroxyl groups is 2. The summed E-state index contributed by atoms with van der Waals surface area (Å²) in [6.45, 7) is 2.83. The molecule has 0 amide bonds. The van der Waals surface area contributed by atoms with Gasteiger partial charge in [0.25, 0.3) is 0 Å². The maximum absolute atomic E-state index is 9.56. The average molecular weight is 207 g/mol. The Hall–Kier alpha value is -1.22. The molecule has 1 aliphatic rings. The van der Waals surface area contributed by atoms with E-state index in [1.165, 1.54) is 18.9 Å². The van der Waals surface area contributed by atoms with Crippen molar-refractivity contribution in [3.63, 3.8) is 0 Å². The van der Waals surface area contributed by atoms with Gasteiger partial charge in [-0.25, -0.2) is 0 Å². The zero-order chi connectivity index (χ0) is 10.8. The lowest BCUT2D eigenvalue weighted by molar-refractivity contribution is 0.437. The first-order chi connectivity index (χ1) is 7.16. The molecule has 0 aromatic heterocycles. The minimum atomic E-state index is 0.103. The number of nitrogens with one attached hydrogen (secondary N) is 1. The molecule has 82 valence electrons. The monoisotopic (exact) mass is 207 g/mol. The lowest BCUT2D eigenvalue weighted by Crippen LogP contribution is -2.27. The number of rotatable bonds is 4. The van der Waals surface area contributed by atoms with Crippen molar-refractivity contribution in [2.24, 2.45) is 5.92 Å². The number of phenolic OH excluding ortho intramolecular Hbond substituents is 2. The van der Waals surface area contributed by atoms with Crippen molar-refractivity contribution in [1.82, 2.24) is 5.32 Å². The summed E-state index contributed by atoms with van der Waals surface area (Å²) < 4.78 is 0. The van der Waals surface area contributed by atoms with E-state index in [1.54, 1.807) is 12.1 Å². The molecule has 1 aromatic rings. The SMILES string of the molecule is CC(NCc1ccc(O)cc1O)C1CC1. The van der Waals surface area contributed by atoms with Crippen LogP contribution in [0, 0.1) is 5.92 Å². The fourth-order valence-electron chi connectivity index (χ4n) is 1.74. The number of hydrogen-bond donors (Lipinski definition) is 3. The summed E-state index contributed by atoms with van der Waals surface area (Å²) in [5.74, 6) is 1.07. The Bertz CT molecular complexity index is 347. The Morgan fingerprint density at radius 2 is 2.13 bits per heavy atom. The van der Waals surface area contributed by atoms with Gasteiger partial charge in [0.15, 0.2) is 0 Å². The molecule has 1 unspecified atom stereocenters. The van der Waals surface area contributed by atoms with Gasteiger partial charge in [0.1, 0.15) is 11.5 Å². The second kappa shape index (κ2) is 4.11. The number of benzene rings is 1. The summed E-state index contributed by atoms with van der Waals surface area (Å²) in [5, 5.41) is 22.1. The fourth-order valence-corrected chi connectivity index (χ4v) is 1.74. The van der Waals surface area contributed by atoms with Crippen molar-refractivity contribution >= 4 is 0 Å². The maximum atomic E-state index is 9.56. The van der Waals surface area contributed by atoms with E-state index >= 15 is 0 Å². The zero-order valence-corrected chi connectivity index (χ0v) is 8.90. The largest absolute Gasteiger partial charge is 0.508 e. The van der Waals surface area contributed by atoms with Gasteiger partial charge in [-0.2, -0.15) is 0 Å². The predicted octanol–water partition coefficient (Wildman–Crippen LogP) is 1.99. The molecule has 3 N–H and O–H groups in total.